The van der Waals surface area contributed by atoms with E-state index in [1.54, 1.807) is 27.0 Å². The highest BCUT2D eigenvalue weighted by Gasteiger charge is 2.33. The number of aliphatic hydroxyl groups is 1. The lowest BCUT2D eigenvalue weighted by atomic mass is 9.83. The maximum Gasteiger partial charge on any atom is 0.307 e. The molecule has 1 saturated carbocycles. The Bertz CT molecular complexity index is 1110. The predicted octanol–water partition coefficient (Wildman–Crippen LogP) is 5.75. The van der Waals surface area contributed by atoms with E-state index in [1.807, 2.05) is 49.6 Å². The van der Waals surface area contributed by atoms with Crippen LogP contribution in [-0.2, 0) is 25.5 Å². The number of carbonyl (C=O) groups excluding carboxylic acids is 3. The van der Waals surface area contributed by atoms with E-state index in [4.69, 9.17) is 4.74 Å². The predicted molar refractivity (Wildman–Crippen MR) is 166 cm³/mol. The number of benzene rings is 1. The van der Waals surface area contributed by atoms with Gasteiger partial charge in [-0.1, -0.05) is 76.3 Å². The summed E-state index contributed by atoms with van der Waals surface area (Å²) in [6.45, 7) is 9.38. The topological polar surface area (TPSA) is 118 Å². The van der Waals surface area contributed by atoms with Gasteiger partial charge >= 0.3 is 5.97 Å². The van der Waals surface area contributed by atoms with Crippen molar-refractivity contribution in [1.82, 2.24) is 15.6 Å². The number of thiazole rings is 1. The molecule has 42 heavy (non-hydrogen) atoms. The van der Waals surface area contributed by atoms with E-state index in [9.17, 15) is 19.5 Å². The largest absolute Gasteiger partial charge is 0.460 e. The first-order valence-corrected chi connectivity index (χ1v) is 16.2. The zero-order valence-corrected chi connectivity index (χ0v) is 26.6. The second kappa shape index (κ2) is 16.2. The van der Waals surface area contributed by atoms with Crippen LogP contribution in [0.3, 0.4) is 0 Å². The summed E-state index contributed by atoms with van der Waals surface area (Å²) in [5.41, 5.74) is 0.251. The molecule has 1 aliphatic carbocycles. The SMILES string of the molecule is CC(C)C[C@H](NC(=O)[C@@H](CC(=O)OC(C)(C)C)Cc1ccccc1)C(=O)N[C@H](CC1CCCCC1)[C@H](O)c1nccs1. The van der Waals surface area contributed by atoms with Gasteiger partial charge in [0.15, 0.2) is 0 Å². The summed E-state index contributed by atoms with van der Waals surface area (Å²) in [6, 6.07) is 8.21. The molecule has 1 fully saturated rings. The first-order chi connectivity index (χ1) is 19.9. The second-order valence-electron chi connectivity index (χ2n) is 13.0. The van der Waals surface area contributed by atoms with Gasteiger partial charge in [0.25, 0.3) is 0 Å². The molecule has 0 unspecified atom stereocenters. The number of nitrogens with one attached hydrogen (secondary N) is 2. The minimum Gasteiger partial charge on any atom is -0.460 e. The summed E-state index contributed by atoms with van der Waals surface area (Å²) in [7, 11) is 0. The zero-order chi connectivity index (χ0) is 30.7. The zero-order valence-electron chi connectivity index (χ0n) is 25.8. The third-order valence-corrected chi connectivity index (χ3v) is 8.44. The molecule has 0 bridgehead atoms. The fraction of sp³-hybridized carbons (Fsp3) is 0.636. The number of esters is 1. The minimum absolute atomic E-state index is 0.0961. The van der Waals surface area contributed by atoms with Crippen molar-refractivity contribution in [2.75, 3.05) is 0 Å². The van der Waals surface area contributed by atoms with Crippen LogP contribution in [-0.4, -0.2) is 45.6 Å². The van der Waals surface area contributed by atoms with Gasteiger partial charge in [-0.2, -0.15) is 0 Å². The van der Waals surface area contributed by atoms with E-state index in [-0.39, 0.29) is 24.2 Å². The summed E-state index contributed by atoms with van der Waals surface area (Å²) in [4.78, 5) is 44.6. The number of carbonyl (C=O) groups is 3. The molecule has 1 aliphatic rings. The first-order valence-electron chi connectivity index (χ1n) is 15.3. The minimum atomic E-state index is -0.927. The molecule has 8 nitrogen and oxygen atoms in total. The average molecular weight is 600 g/mol. The number of hydrogen-bond acceptors (Lipinski definition) is 7. The smallest absolute Gasteiger partial charge is 0.307 e. The van der Waals surface area contributed by atoms with Crippen molar-refractivity contribution in [3.63, 3.8) is 0 Å². The molecule has 0 spiro atoms. The van der Waals surface area contributed by atoms with Crippen molar-refractivity contribution in [3.8, 4) is 0 Å². The fourth-order valence-corrected chi connectivity index (χ4v) is 6.30. The number of rotatable bonds is 14. The normalized spacial score (nSPS) is 17.2. The van der Waals surface area contributed by atoms with Gasteiger partial charge < -0.3 is 20.5 Å². The van der Waals surface area contributed by atoms with Crippen LogP contribution in [0.2, 0.25) is 0 Å². The molecule has 2 aromatic rings. The number of aliphatic hydroxyl groups excluding tert-OH is 1. The fourth-order valence-electron chi connectivity index (χ4n) is 5.62. The van der Waals surface area contributed by atoms with Crippen LogP contribution < -0.4 is 10.6 Å². The highest BCUT2D eigenvalue weighted by molar-refractivity contribution is 7.09. The van der Waals surface area contributed by atoms with Crippen molar-refractivity contribution in [2.24, 2.45) is 17.8 Å². The van der Waals surface area contributed by atoms with Crippen LogP contribution in [0.5, 0.6) is 0 Å². The van der Waals surface area contributed by atoms with E-state index in [1.165, 1.54) is 17.8 Å². The number of ether oxygens (including phenoxy) is 1. The van der Waals surface area contributed by atoms with E-state index >= 15 is 0 Å². The van der Waals surface area contributed by atoms with Crippen LogP contribution in [0.15, 0.2) is 41.9 Å². The Hall–Kier alpha value is -2.78. The van der Waals surface area contributed by atoms with Crippen molar-refractivity contribution >= 4 is 29.1 Å². The van der Waals surface area contributed by atoms with Gasteiger partial charge in [-0.05, 0) is 57.4 Å². The summed E-state index contributed by atoms with van der Waals surface area (Å²) in [6.07, 6.45) is 7.75. The van der Waals surface area contributed by atoms with Crippen LogP contribution in [0.25, 0.3) is 0 Å². The molecule has 4 atom stereocenters. The summed E-state index contributed by atoms with van der Waals surface area (Å²) < 4.78 is 5.53. The van der Waals surface area contributed by atoms with Crippen LogP contribution in [0.4, 0.5) is 0 Å². The summed E-state index contributed by atoms with van der Waals surface area (Å²) >= 11 is 1.37. The highest BCUT2D eigenvalue weighted by Crippen LogP contribution is 2.31. The van der Waals surface area contributed by atoms with Gasteiger partial charge in [-0.3, -0.25) is 14.4 Å². The lowest BCUT2D eigenvalue weighted by molar-refractivity contribution is -0.157. The molecule has 3 rings (SSSR count). The maximum atomic E-state index is 13.8. The van der Waals surface area contributed by atoms with Crippen molar-refractivity contribution in [2.45, 2.75) is 116 Å². The van der Waals surface area contributed by atoms with Gasteiger partial charge in [0, 0.05) is 11.6 Å². The molecule has 2 amide bonds. The molecule has 0 aliphatic heterocycles. The van der Waals surface area contributed by atoms with Crippen molar-refractivity contribution in [1.29, 1.82) is 0 Å². The van der Waals surface area contributed by atoms with Gasteiger partial charge in [-0.25, -0.2) is 4.98 Å². The third kappa shape index (κ3) is 11.5. The highest BCUT2D eigenvalue weighted by atomic mass is 32.1. The summed E-state index contributed by atoms with van der Waals surface area (Å²) in [5, 5.41) is 19.7. The Balaban J connectivity index is 1.78. The Morgan fingerprint density at radius 1 is 1.05 bits per heavy atom. The molecule has 9 heteroatoms. The third-order valence-electron chi connectivity index (χ3n) is 7.59. The van der Waals surface area contributed by atoms with E-state index < -0.39 is 35.7 Å². The Morgan fingerprint density at radius 3 is 2.33 bits per heavy atom. The number of nitrogens with zero attached hydrogens (tertiary/aromatic N) is 1. The maximum absolute atomic E-state index is 13.8. The Morgan fingerprint density at radius 2 is 1.74 bits per heavy atom. The van der Waals surface area contributed by atoms with Crippen LogP contribution in [0, 0.1) is 17.8 Å². The molecule has 232 valence electrons. The standard InChI is InChI=1S/C33H49N3O5S/c1-22(2)18-27(31(40)35-26(20-24-14-10-7-11-15-24)29(38)32-34-16-17-42-32)36-30(39)25(19-23-12-8-6-9-13-23)21-28(37)41-33(3,4)5/h6,8-9,12-13,16-17,22,24-27,29,38H,7,10-11,14-15,18-21H2,1-5H3,(H,35,40)(H,36,39)/t25-,26-,27+,29+/m1/s1. The number of hydrogen-bond donors (Lipinski definition) is 3. The molecule has 0 radical (unpaired) electrons. The van der Waals surface area contributed by atoms with Gasteiger partial charge in [0.05, 0.1) is 18.4 Å². The first kappa shape index (κ1) is 33.7. The van der Waals surface area contributed by atoms with Crippen LogP contribution >= 0.6 is 11.3 Å². The molecular formula is C33H49N3O5S. The molecule has 1 aromatic carbocycles. The average Bonchev–Trinajstić information content (AvgIpc) is 3.46. The second-order valence-corrected chi connectivity index (χ2v) is 14.0. The lowest BCUT2D eigenvalue weighted by Crippen LogP contribution is -2.53. The lowest BCUT2D eigenvalue weighted by Gasteiger charge is -2.31. The number of amides is 2. The van der Waals surface area contributed by atoms with Crippen LogP contribution in [0.1, 0.15) is 103 Å². The van der Waals surface area contributed by atoms with E-state index in [0.29, 0.717) is 30.2 Å². The van der Waals surface area contributed by atoms with E-state index in [0.717, 1.165) is 31.2 Å². The molecular weight excluding hydrogens is 550 g/mol. The van der Waals surface area contributed by atoms with Gasteiger partial charge in [-0.15, -0.1) is 11.3 Å². The van der Waals surface area contributed by atoms with Crippen molar-refractivity contribution in [3.05, 3.63) is 52.5 Å². The molecule has 1 heterocycles. The Labute approximate surface area is 255 Å². The molecule has 3 N–H and O–H groups in total. The van der Waals surface area contributed by atoms with Gasteiger partial charge in [0.2, 0.25) is 11.8 Å². The molecule has 0 saturated heterocycles. The quantitative estimate of drug-likeness (QED) is 0.238. The summed E-state index contributed by atoms with van der Waals surface area (Å²) in [5.74, 6) is -1.31. The number of aromatic nitrogens is 1. The van der Waals surface area contributed by atoms with Crippen molar-refractivity contribution < 1.29 is 24.2 Å². The monoisotopic (exact) mass is 599 g/mol. The van der Waals surface area contributed by atoms with E-state index in [2.05, 4.69) is 15.6 Å². The molecule has 1 aromatic heterocycles. The Kier molecular flexibility index (Phi) is 13.0. The van der Waals surface area contributed by atoms with Gasteiger partial charge in [0.1, 0.15) is 22.8 Å².